The van der Waals surface area contributed by atoms with E-state index in [-0.39, 0.29) is 12.2 Å². The van der Waals surface area contributed by atoms with Gasteiger partial charge in [0, 0.05) is 19.2 Å². The van der Waals surface area contributed by atoms with Gasteiger partial charge in [0.25, 0.3) is 0 Å². The third-order valence-corrected chi connectivity index (χ3v) is 2.69. The van der Waals surface area contributed by atoms with E-state index in [0.29, 0.717) is 11.3 Å². The molecule has 122 valence electrons. The first-order valence-corrected chi connectivity index (χ1v) is 6.70. The van der Waals surface area contributed by atoms with Crippen LogP contribution in [0.5, 0.6) is 5.75 Å². The summed E-state index contributed by atoms with van der Waals surface area (Å²) in [6.45, 7) is 5.20. The number of rotatable bonds is 5. The van der Waals surface area contributed by atoms with Crippen molar-refractivity contribution in [1.82, 2.24) is 0 Å². The number of carbonyl (C=O) groups excluding carboxylic acids is 1. The Kier molecular flexibility index (Phi) is 5.76. The summed E-state index contributed by atoms with van der Waals surface area (Å²) in [5.74, 6) is -1.17. The van der Waals surface area contributed by atoms with Gasteiger partial charge in [-0.2, -0.15) is 0 Å². The average molecular weight is 311 g/mol. The zero-order valence-electron chi connectivity index (χ0n) is 13.0. The van der Waals surface area contributed by atoms with Crippen LogP contribution < -0.4 is 5.32 Å². The number of amides is 1. The second-order valence-corrected chi connectivity index (χ2v) is 5.74. The molecule has 0 heterocycles. The van der Waals surface area contributed by atoms with Crippen molar-refractivity contribution in [1.29, 1.82) is 0 Å². The fourth-order valence-corrected chi connectivity index (χ4v) is 1.76. The number of anilines is 1. The lowest BCUT2D eigenvalue weighted by Gasteiger charge is -2.21. The van der Waals surface area contributed by atoms with Crippen LogP contribution in [0.3, 0.4) is 0 Å². The molecule has 0 fully saturated rings. The van der Waals surface area contributed by atoms with Gasteiger partial charge in [0.15, 0.2) is 6.10 Å². The second kappa shape index (κ2) is 7.13. The maximum atomic E-state index is 11.8. The monoisotopic (exact) mass is 311 g/mol. The predicted molar refractivity (Wildman–Crippen MR) is 80.1 cm³/mol. The Bertz CT molecular complexity index is 549. The zero-order chi connectivity index (χ0) is 16.9. The number of carboxylic acids is 1. The fraction of sp³-hybridized carbons (Fsp3) is 0.467. The Labute approximate surface area is 128 Å². The van der Waals surface area contributed by atoms with Crippen molar-refractivity contribution in [3.8, 4) is 5.75 Å². The molecule has 0 saturated carbocycles. The van der Waals surface area contributed by atoms with E-state index in [9.17, 15) is 14.7 Å². The Morgan fingerprint density at radius 1 is 1.32 bits per heavy atom. The summed E-state index contributed by atoms with van der Waals surface area (Å²) >= 11 is 0. The van der Waals surface area contributed by atoms with Crippen LogP contribution in [0.2, 0.25) is 0 Å². The molecule has 0 aliphatic rings. The number of hydrogen-bond donors (Lipinski definition) is 3. The number of nitrogens with one attached hydrogen (secondary N) is 1. The molecule has 1 atom stereocenters. The standard InChI is InChI=1S/C15H21NO6/c1-15(2,3)22-14(20)16-11-6-5-10(17)7-9(11)8-12(21-4)13(18)19/h5-7,12,17H,8H2,1-4H3,(H,16,20)(H,18,19). The van der Waals surface area contributed by atoms with Crippen molar-refractivity contribution in [2.24, 2.45) is 0 Å². The summed E-state index contributed by atoms with van der Waals surface area (Å²) < 4.78 is 10.0. The van der Waals surface area contributed by atoms with Gasteiger partial charge in [-0.3, -0.25) is 5.32 Å². The van der Waals surface area contributed by atoms with Gasteiger partial charge in [0.1, 0.15) is 11.4 Å². The van der Waals surface area contributed by atoms with Gasteiger partial charge in [-0.05, 0) is 44.5 Å². The van der Waals surface area contributed by atoms with Crippen molar-refractivity contribution < 1.29 is 29.3 Å². The average Bonchev–Trinajstić information content (AvgIpc) is 2.36. The number of aromatic hydroxyl groups is 1. The molecule has 7 heteroatoms. The van der Waals surface area contributed by atoms with Gasteiger partial charge in [-0.25, -0.2) is 9.59 Å². The summed E-state index contributed by atoms with van der Waals surface area (Å²) in [5.41, 5.74) is 0.132. The third kappa shape index (κ3) is 5.61. The molecule has 0 aliphatic heterocycles. The Balaban J connectivity index is 2.95. The largest absolute Gasteiger partial charge is 0.508 e. The molecule has 0 aromatic heterocycles. The van der Waals surface area contributed by atoms with E-state index in [2.05, 4.69) is 5.32 Å². The van der Waals surface area contributed by atoms with Gasteiger partial charge in [-0.1, -0.05) is 0 Å². The summed E-state index contributed by atoms with van der Waals surface area (Å²) in [7, 11) is 1.28. The highest BCUT2D eigenvalue weighted by atomic mass is 16.6. The van der Waals surface area contributed by atoms with Crippen LogP contribution in [-0.4, -0.2) is 41.1 Å². The number of ether oxygens (including phenoxy) is 2. The summed E-state index contributed by atoms with van der Waals surface area (Å²) in [4.78, 5) is 22.9. The van der Waals surface area contributed by atoms with E-state index < -0.39 is 23.8 Å². The minimum absolute atomic E-state index is 0.00857. The molecule has 0 saturated heterocycles. The number of phenols is 1. The molecule has 22 heavy (non-hydrogen) atoms. The lowest BCUT2D eigenvalue weighted by Crippen LogP contribution is -2.28. The van der Waals surface area contributed by atoms with E-state index >= 15 is 0 Å². The van der Waals surface area contributed by atoms with E-state index in [0.717, 1.165) is 0 Å². The molecule has 3 N–H and O–H groups in total. The molecule has 7 nitrogen and oxygen atoms in total. The summed E-state index contributed by atoms with van der Waals surface area (Å²) in [6.07, 6.45) is -1.75. The highest BCUT2D eigenvalue weighted by Crippen LogP contribution is 2.24. The SMILES string of the molecule is COC(Cc1cc(O)ccc1NC(=O)OC(C)(C)C)C(=O)O. The first-order chi connectivity index (χ1) is 10.1. The van der Waals surface area contributed by atoms with Gasteiger partial charge in [0.2, 0.25) is 0 Å². The second-order valence-electron chi connectivity index (χ2n) is 5.74. The summed E-state index contributed by atoms with van der Waals surface area (Å²) in [6, 6.07) is 4.24. The molecule has 1 rings (SSSR count). The number of carbonyl (C=O) groups is 2. The third-order valence-electron chi connectivity index (χ3n) is 2.69. The molecule has 1 amide bonds. The molecule has 0 spiro atoms. The van der Waals surface area contributed by atoms with E-state index in [4.69, 9.17) is 14.6 Å². The van der Waals surface area contributed by atoms with Crippen LogP contribution >= 0.6 is 0 Å². The Morgan fingerprint density at radius 2 is 1.95 bits per heavy atom. The van der Waals surface area contributed by atoms with Crippen LogP contribution in [0.4, 0.5) is 10.5 Å². The topological polar surface area (TPSA) is 105 Å². The predicted octanol–water partition coefficient (Wildman–Crippen LogP) is 2.38. The van der Waals surface area contributed by atoms with Crippen LogP contribution in [0.25, 0.3) is 0 Å². The Hall–Kier alpha value is -2.28. The van der Waals surface area contributed by atoms with E-state index in [1.807, 2.05) is 0 Å². The molecule has 1 unspecified atom stereocenters. The van der Waals surface area contributed by atoms with Crippen molar-refractivity contribution >= 4 is 17.7 Å². The quantitative estimate of drug-likeness (QED) is 0.721. The lowest BCUT2D eigenvalue weighted by molar-refractivity contribution is -0.148. The first-order valence-electron chi connectivity index (χ1n) is 6.70. The van der Waals surface area contributed by atoms with Crippen LogP contribution in [0, 0.1) is 0 Å². The fourth-order valence-electron chi connectivity index (χ4n) is 1.76. The molecule has 0 aliphatic carbocycles. The first kappa shape index (κ1) is 17.8. The molecule has 0 bridgehead atoms. The number of carboxylic acid groups (broad SMARTS) is 1. The van der Waals surface area contributed by atoms with Gasteiger partial charge >= 0.3 is 12.1 Å². The minimum Gasteiger partial charge on any atom is -0.508 e. The molecule has 1 aromatic carbocycles. The van der Waals surface area contributed by atoms with E-state index in [1.54, 1.807) is 20.8 Å². The number of methoxy groups -OCH3 is 1. The van der Waals surface area contributed by atoms with Gasteiger partial charge in [0.05, 0.1) is 0 Å². The van der Waals surface area contributed by atoms with Crippen molar-refractivity contribution in [3.63, 3.8) is 0 Å². The lowest BCUT2D eigenvalue weighted by atomic mass is 10.1. The van der Waals surface area contributed by atoms with Gasteiger partial charge < -0.3 is 19.7 Å². The number of hydrogen-bond acceptors (Lipinski definition) is 5. The van der Waals surface area contributed by atoms with Gasteiger partial charge in [-0.15, -0.1) is 0 Å². The number of aliphatic carboxylic acids is 1. The molecule has 1 aromatic rings. The smallest absolute Gasteiger partial charge is 0.412 e. The summed E-state index contributed by atoms with van der Waals surface area (Å²) in [5, 5.41) is 21.1. The highest BCUT2D eigenvalue weighted by molar-refractivity contribution is 5.86. The molecular weight excluding hydrogens is 290 g/mol. The van der Waals surface area contributed by atoms with Crippen LogP contribution in [-0.2, 0) is 20.7 Å². The molecular formula is C15H21NO6. The molecule has 0 radical (unpaired) electrons. The zero-order valence-corrected chi connectivity index (χ0v) is 13.0. The van der Waals surface area contributed by atoms with Crippen LogP contribution in [0.1, 0.15) is 26.3 Å². The normalized spacial score (nSPS) is 12.5. The Morgan fingerprint density at radius 3 is 2.45 bits per heavy atom. The van der Waals surface area contributed by atoms with Crippen molar-refractivity contribution in [2.45, 2.75) is 38.9 Å². The van der Waals surface area contributed by atoms with Crippen molar-refractivity contribution in [2.75, 3.05) is 12.4 Å². The maximum absolute atomic E-state index is 11.8. The minimum atomic E-state index is -1.13. The van der Waals surface area contributed by atoms with Crippen molar-refractivity contribution in [3.05, 3.63) is 23.8 Å². The van der Waals surface area contributed by atoms with Crippen LogP contribution in [0.15, 0.2) is 18.2 Å². The maximum Gasteiger partial charge on any atom is 0.412 e. The number of phenolic OH excluding ortho intramolecular Hbond substituents is 1. The van der Waals surface area contributed by atoms with E-state index in [1.165, 1.54) is 25.3 Å². The highest BCUT2D eigenvalue weighted by Gasteiger charge is 2.21. The number of benzene rings is 1.